The van der Waals surface area contributed by atoms with E-state index < -0.39 is 69.6 Å². The molecule has 1 saturated carbocycles. The number of carbonyl (C=O) groups is 4. The molecule has 1 aromatic carbocycles. The number of aliphatic hydroxyl groups excluding tert-OH is 2. The quantitative estimate of drug-likeness (QED) is 0.284. The maximum absolute atomic E-state index is 13.8. The molecule has 3 aliphatic carbocycles. The van der Waals surface area contributed by atoms with Crippen molar-refractivity contribution in [1.82, 2.24) is 4.90 Å². The zero-order valence-corrected chi connectivity index (χ0v) is 20.6. The Kier molecular flexibility index (Phi) is 5.76. The van der Waals surface area contributed by atoms with E-state index >= 15 is 0 Å². The van der Waals surface area contributed by atoms with E-state index in [0.717, 1.165) is 0 Å². The first-order valence-electron chi connectivity index (χ1n) is 11.4. The van der Waals surface area contributed by atoms with Crippen LogP contribution >= 0.6 is 0 Å². The number of nitrogens with two attached hydrogens (primary N) is 1. The number of likely N-dealkylation sites (N-methyl/N-ethyl adjacent to an activating group) is 1. The number of amides is 1. The molecule has 36 heavy (non-hydrogen) atoms. The minimum Gasteiger partial charge on any atom is -0.508 e. The van der Waals surface area contributed by atoms with Gasteiger partial charge < -0.3 is 31.1 Å². The van der Waals surface area contributed by atoms with Crippen LogP contribution in [0.2, 0.25) is 0 Å². The van der Waals surface area contributed by atoms with Gasteiger partial charge in [0, 0.05) is 31.3 Å². The summed E-state index contributed by atoms with van der Waals surface area (Å²) in [6.07, 6.45) is 0.141. The molecule has 1 aromatic rings. The summed E-state index contributed by atoms with van der Waals surface area (Å²) in [7, 11) is 6.54. The number of fused-ring (bicyclic) bond motifs is 3. The van der Waals surface area contributed by atoms with Crippen LogP contribution in [-0.4, -0.2) is 88.4 Å². The van der Waals surface area contributed by atoms with Gasteiger partial charge in [-0.2, -0.15) is 0 Å². The number of rotatable bonds is 4. The molecule has 0 radical (unpaired) electrons. The van der Waals surface area contributed by atoms with Crippen molar-refractivity contribution in [2.24, 2.45) is 17.6 Å². The highest BCUT2D eigenvalue weighted by Crippen LogP contribution is 2.54. The topological polar surface area (TPSA) is 182 Å². The minimum absolute atomic E-state index is 0.00610. The van der Waals surface area contributed by atoms with Crippen molar-refractivity contribution in [3.63, 3.8) is 0 Å². The third-order valence-electron chi connectivity index (χ3n) is 7.56. The molecule has 4 atom stereocenters. The lowest BCUT2D eigenvalue weighted by Crippen LogP contribution is -2.65. The van der Waals surface area contributed by atoms with Gasteiger partial charge in [0.25, 0.3) is 5.91 Å². The largest absolute Gasteiger partial charge is 0.508 e. The second-order valence-electron chi connectivity index (χ2n) is 10.1. The number of aromatic hydroxyl groups is 1. The number of carbonyl (C=O) groups excluding carboxylic acids is 4. The predicted octanol–water partition coefficient (Wildman–Crippen LogP) is 0.233. The maximum Gasteiger partial charge on any atom is 0.255 e. The molecule has 3 aliphatic rings. The van der Waals surface area contributed by atoms with Crippen molar-refractivity contribution in [3.05, 3.63) is 39.7 Å². The number of ketones is 3. The van der Waals surface area contributed by atoms with E-state index in [4.69, 9.17) is 5.73 Å². The van der Waals surface area contributed by atoms with Crippen LogP contribution in [0.15, 0.2) is 23.0 Å². The van der Waals surface area contributed by atoms with Gasteiger partial charge >= 0.3 is 0 Å². The van der Waals surface area contributed by atoms with Crippen molar-refractivity contribution in [3.8, 4) is 5.75 Å². The van der Waals surface area contributed by atoms with Gasteiger partial charge in [-0.05, 0) is 51.4 Å². The average molecular weight is 500 g/mol. The van der Waals surface area contributed by atoms with Crippen LogP contribution in [0.1, 0.15) is 34.8 Å². The van der Waals surface area contributed by atoms with E-state index in [1.807, 2.05) is 0 Å². The van der Waals surface area contributed by atoms with Crippen molar-refractivity contribution in [1.29, 1.82) is 0 Å². The Bertz CT molecular complexity index is 1310. The lowest BCUT2D eigenvalue weighted by atomic mass is 9.57. The van der Waals surface area contributed by atoms with Gasteiger partial charge in [-0.1, -0.05) is 0 Å². The van der Waals surface area contributed by atoms with E-state index in [-0.39, 0.29) is 29.5 Å². The smallest absolute Gasteiger partial charge is 0.255 e. The van der Waals surface area contributed by atoms with E-state index in [1.165, 1.54) is 17.9 Å². The van der Waals surface area contributed by atoms with Crippen molar-refractivity contribution in [2.75, 3.05) is 33.1 Å². The van der Waals surface area contributed by atoms with Gasteiger partial charge in [-0.25, -0.2) is 0 Å². The Hall–Kier alpha value is -3.70. The summed E-state index contributed by atoms with van der Waals surface area (Å²) < 4.78 is 0. The van der Waals surface area contributed by atoms with Gasteiger partial charge in [-0.3, -0.25) is 24.1 Å². The maximum atomic E-state index is 13.8. The normalized spacial score (nSPS) is 27.6. The molecule has 192 valence electrons. The molecule has 4 rings (SSSR count). The van der Waals surface area contributed by atoms with Crippen LogP contribution in [0.25, 0.3) is 5.76 Å². The molecule has 0 saturated heterocycles. The molecule has 0 bridgehead atoms. The van der Waals surface area contributed by atoms with E-state index in [9.17, 15) is 39.6 Å². The number of aliphatic hydroxyl groups is 3. The number of hydrogen-bond acceptors (Lipinski definition) is 10. The standard InChI is InChI=1S/C25H29N3O8/c1-9(29)11-8-14(27(2)3)12-6-10-7-13-18(28(4)5)21(32)17(24(26)35)23(34)25(13,36)22(33)15(10)20(31)16(12)19(11)30/h8,10,13,18,30-31,34,36H,6-7H2,1-5H3,(H2,26,35)/t10-,13-,18+,25-/m0/s1. The van der Waals surface area contributed by atoms with Crippen LogP contribution in [0.3, 0.4) is 0 Å². The Morgan fingerprint density at radius 3 is 2.22 bits per heavy atom. The van der Waals surface area contributed by atoms with Crippen LogP contribution in [0.5, 0.6) is 5.75 Å². The zero-order chi connectivity index (χ0) is 27.0. The summed E-state index contributed by atoms with van der Waals surface area (Å²) >= 11 is 0. The zero-order valence-electron chi connectivity index (χ0n) is 20.6. The fraction of sp³-hybridized carbons (Fsp3) is 0.440. The predicted molar refractivity (Wildman–Crippen MR) is 129 cm³/mol. The molecule has 6 N–H and O–H groups in total. The lowest BCUT2D eigenvalue weighted by molar-refractivity contribution is -0.153. The minimum atomic E-state index is -2.71. The van der Waals surface area contributed by atoms with Gasteiger partial charge in [0.05, 0.1) is 17.2 Å². The van der Waals surface area contributed by atoms with Crippen LogP contribution in [0, 0.1) is 11.8 Å². The number of Topliss-reactive ketones (excluding diaryl/α,β-unsaturated/α-hetero) is 3. The Morgan fingerprint density at radius 2 is 1.72 bits per heavy atom. The molecule has 0 aromatic heterocycles. The SMILES string of the molecule is CC(=O)c1cc(N(C)C)c2c(c1O)C(O)=C1C(=O)[C@]3(O)C(O)=C(C(N)=O)C(=O)[C@H](N(C)C)[C@@H]3C[C@@H]1C2. The third kappa shape index (κ3) is 3.19. The lowest BCUT2D eigenvalue weighted by Gasteiger charge is -2.50. The first-order chi connectivity index (χ1) is 16.7. The number of anilines is 1. The molecule has 1 fully saturated rings. The fourth-order valence-electron chi connectivity index (χ4n) is 5.96. The van der Waals surface area contributed by atoms with E-state index in [0.29, 0.717) is 11.3 Å². The van der Waals surface area contributed by atoms with Crippen LogP contribution < -0.4 is 10.6 Å². The van der Waals surface area contributed by atoms with Gasteiger partial charge in [0.1, 0.15) is 22.8 Å². The first-order valence-corrected chi connectivity index (χ1v) is 11.4. The number of primary amides is 1. The van der Waals surface area contributed by atoms with Crippen molar-refractivity contribution >= 4 is 34.7 Å². The van der Waals surface area contributed by atoms with E-state index in [2.05, 4.69) is 0 Å². The number of phenols is 1. The number of phenolic OH excluding ortho intramolecular Hbond substituents is 1. The molecular formula is C25H29N3O8. The van der Waals surface area contributed by atoms with Gasteiger partial charge in [0.2, 0.25) is 5.78 Å². The summed E-state index contributed by atoms with van der Waals surface area (Å²) in [5.41, 5.74) is 2.36. The monoisotopic (exact) mass is 499 g/mol. The Morgan fingerprint density at radius 1 is 1.11 bits per heavy atom. The molecule has 0 heterocycles. The average Bonchev–Trinajstić information content (AvgIpc) is 2.75. The number of nitrogens with zero attached hydrogens (tertiary/aromatic N) is 2. The van der Waals surface area contributed by atoms with Gasteiger partial charge in [0.15, 0.2) is 17.2 Å². The summed E-state index contributed by atoms with van der Waals surface area (Å²) in [5, 5.41) is 44.7. The van der Waals surface area contributed by atoms with E-state index in [1.54, 1.807) is 33.1 Å². The second-order valence-corrected chi connectivity index (χ2v) is 10.1. The van der Waals surface area contributed by atoms with Crippen LogP contribution in [0.4, 0.5) is 5.69 Å². The molecule has 11 heteroatoms. The summed E-state index contributed by atoms with van der Waals surface area (Å²) in [4.78, 5) is 54.3. The first kappa shape index (κ1) is 25.4. The summed E-state index contributed by atoms with van der Waals surface area (Å²) in [6, 6.07) is 0.361. The molecule has 0 unspecified atom stereocenters. The Labute approximate surface area is 207 Å². The highest BCUT2D eigenvalue weighted by Gasteiger charge is 2.64. The number of hydrogen-bond donors (Lipinski definition) is 5. The molecule has 0 spiro atoms. The molecule has 11 nitrogen and oxygen atoms in total. The summed E-state index contributed by atoms with van der Waals surface area (Å²) in [5.74, 6) is -7.77. The fourth-order valence-corrected chi connectivity index (χ4v) is 5.96. The Balaban J connectivity index is 2.03. The molecule has 0 aliphatic heterocycles. The highest BCUT2D eigenvalue weighted by molar-refractivity contribution is 6.24. The molecular weight excluding hydrogens is 470 g/mol. The molecule has 1 amide bonds. The highest BCUT2D eigenvalue weighted by atomic mass is 16.3. The second kappa shape index (κ2) is 8.17. The summed E-state index contributed by atoms with van der Waals surface area (Å²) in [6.45, 7) is 1.25. The van der Waals surface area contributed by atoms with Crippen molar-refractivity contribution in [2.45, 2.75) is 31.4 Å². The number of benzene rings is 1. The van der Waals surface area contributed by atoms with Crippen molar-refractivity contribution < 1.29 is 39.6 Å². The third-order valence-corrected chi connectivity index (χ3v) is 7.56. The van der Waals surface area contributed by atoms with Gasteiger partial charge in [-0.15, -0.1) is 0 Å². The van der Waals surface area contributed by atoms with Crippen LogP contribution in [-0.2, 0) is 20.8 Å².